The van der Waals surface area contributed by atoms with Gasteiger partial charge in [-0.2, -0.15) is 46.7 Å². The summed E-state index contributed by atoms with van der Waals surface area (Å²) in [5.41, 5.74) is 0.986. The summed E-state index contributed by atoms with van der Waals surface area (Å²) in [5.74, 6) is 0.213. The van der Waals surface area contributed by atoms with Crippen LogP contribution in [0, 0.1) is 19.3 Å². The Bertz CT molecular complexity index is 3930. The molecule has 0 saturated heterocycles. The van der Waals surface area contributed by atoms with Crippen LogP contribution in [-0.4, -0.2) is 117 Å². The molecule has 0 saturated carbocycles. The quantitative estimate of drug-likeness (QED) is 0.0307. The smallest absolute Gasteiger partial charge is 0.295 e. The number of aryl methyl sites for hydroxylation is 1. The van der Waals surface area contributed by atoms with Crippen LogP contribution < -0.4 is 10.2 Å². The highest BCUT2D eigenvalue weighted by atomic mass is 32.2. The Morgan fingerprint density at radius 1 is 0.753 bits per heavy atom. The molecule has 2 aliphatic heterocycles. The maximum absolute atomic E-state index is 12.9. The highest BCUT2D eigenvalue weighted by molar-refractivity contribution is 7.87. The third kappa shape index (κ3) is 11.3. The zero-order valence-electron chi connectivity index (χ0n) is 38.9. The average molecular weight is 1100 g/mol. The van der Waals surface area contributed by atoms with Crippen LogP contribution in [0.4, 0.5) is 11.4 Å². The van der Waals surface area contributed by atoms with Gasteiger partial charge in [0.05, 0.1) is 38.8 Å². The van der Waals surface area contributed by atoms with E-state index in [9.17, 15) is 69.6 Å². The minimum atomic E-state index is -5.12. The number of rotatable bonds is 15. The molecule has 7 rings (SSSR count). The van der Waals surface area contributed by atoms with Crippen LogP contribution in [0.25, 0.3) is 27.1 Å². The summed E-state index contributed by atoms with van der Waals surface area (Å²) in [7, 11) is -24.1. The predicted octanol–water partition coefficient (Wildman–Crippen LogP) is 5.91. The van der Waals surface area contributed by atoms with Crippen molar-refractivity contribution >= 4 is 101 Å². The molecule has 73 heavy (non-hydrogen) atoms. The van der Waals surface area contributed by atoms with Crippen molar-refractivity contribution in [2.24, 2.45) is 0 Å². The molecule has 0 bridgehead atoms. The first kappa shape index (κ1) is 56.1. The third-order valence-corrected chi connectivity index (χ3v) is 16.5. The lowest BCUT2D eigenvalue weighted by molar-refractivity contribution is -0.432. The lowest BCUT2D eigenvalue weighted by Gasteiger charge is -2.27. The molecule has 0 atom stereocenters. The second-order valence-corrected chi connectivity index (χ2v) is 25.4. The van der Waals surface area contributed by atoms with E-state index in [0.717, 1.165) is 6.07 Å². The molecule has 0 aliphatic carbocycles. The fraction of sp³-hybridized carbons (Fsp3) is 0.271. The van der Waals surface area contributed by atoms with E-state index in [0.29, 0.717) is 45.1 Å². The van der Waals surface area contributed by atoms with Crippen LogP contribution in [0.3, 0.4) is 0 Å². The number of benzene rings is 4. The standard InChI is InChI=1S/C47H46N4O16S5.CH4/c1-7-18-48-45(52)30-8-13-37(49-27-30)29(9-16-41-46(3,4)43-35-24-31(70(59,60)61)23-28(2)33(35)11-14-38(43)50(41)19-21-68(53,54)55)10-17-42-47(5,6)44-36-25-32(71(62,63)64)26-40(72(65,66)67)34(36)12-15-39(44)51(42)20-22-69(56,57)58;/h1,8-17,23-27H,18-22H2,2-6H3,(H5-,48,52,53,54,55,56,57,58,59,60,61,62,63,64,65,66,67);1H4/p+1. The highest BCUT2D eigenvalue weighted by Crippen LogP contribution is 2.52. The summed E-state index contributed by atoms with van der Waals surface area (Å²) in [6.07, 6.45) is 13.0. The number of fused-ring (bicyclic) bond motifs is 6. The monoisotopic (exact) mass is 1100 g/mol. The van der Waals surface area contributed by atoms with E-state index in [4.69, 9.17) is 6.42 Å². The number of anilines is 1. The second-order valence-electron chi connectivity index (χ2n) is 18.0. The molecule has 1 aromatic heterocycles. The fourth-order valence-corrected chi connectivity index (χ4v) is 12.2. The molecule has 4 aromatic carbocycles. The molecule has 388 valence electrons. The average Bonchev–Trinajstić information content (AvgIpc) is 3.62. The maximum atomic E-state index is 12.9. The van der Waals surface area contributed by atoms with Gasteiger partial charge in [-0.1, -0.05) is 39.3 Å². The largest absolute Gasteiger partial charge is 0.343 e. The Balaban J connectivity index is 0.00000869. The van der Waals surface area contributed by atoms with Crippen LogP contribution in [0.2, 0.25) is 0 Å². The third-order valence-electron chi connectivity index (χ3n) is 12.6. The number of hydrogen-bond donors (Lipinski definition) is 6. The van der Waals surface area contributed by atoms with Gasteiger partial charge in [0.15, 0.2) is 12.3 Å². The van der Waals surface area contributed by atoms with Gasteiger partial charge in [0, 0.05) is 58.2 Å². The van der Waals surface area contributed by atoms with Crippen LogP contribution in [-0.2, 0) is 61.4 Å². The van der Waals surface area contributed by atoms with Crippen molar-refractivity contribution in [1.29, 1.82) is 0 Å². The predicted molar refractivity (Wildman–Crippen MR) is 275 cm³/mol. The molecule has 1 amide bonds. The number of pyridine rings is 1. The fourth-order valence-electron chi connectivity index (χ4n) is 9.39. The molecule has 3 heterocycles. The van der Waals surface area contributed by atoms with Gasteiger partial charge in [-0.3, -0.25) is 32.5 Å². The number of amides is 1. The Hall–Kier alpha value is -6.18. The van der Waals surface area contributed by atoms with E-state index in [-0.39, 0.29) is 64.3 Å². The van der Waals surface area contributed by atoms with Crippen LogP contribution in [0.15, 0.2) is 112 Å². The van der Waals surface area contributed by atoms with E-state index in [2.05, 4.69) is 16.2 Å². The number of terminal acetylenes is 1. The van der Waals surface area contributed by atoms with Crippen molar-refractivity contribution < 1.29 is 74.2 Å². The zero-order chi connectivity index (χ0) is 53.3. The van der Waals surface area contributed by atoms with Gasteiger partial charge in [0.25, 0.3) is 56.5 Å². The van der Waals surface area contributed by atoms with E-state index >= 15 is 0 Å². The number of hydrogen-bond acceptors (Lipinski definition) is 13. The minimum absolute atomic E-state index is 0. The molecule has 6 N–H and O–H groups in total. The summed E-state index contributed by atoms with van der Waals surface area (Å²) in [6.45, 7) is 7.81. The van der Waals surface area contributed by atoms with Gasteiger partial charge >= 0.3 is 0 Å². The highest BCUT2D eigenvalue weighted by Gasteiger charge is 2.47. The summed E-state index contributed by atoms with van der Waals surface area (Å²) < 4.78 is 176. The molecule has 0 fully saturated rings. The molecule has 0 radical (unpaired) electrons. The number of aromatic nitrogens is 1. The molecule has 5 aromatic rings. The summed E-state index contributed by atoms with van der Waals surface area (Å²) >= 11 is 0. The topological polar surface area (TPSA) is 320 Å². The van der Waals surface area contributed by atoms with Gasteiger partial charge in [0.1, 0.15) is 10.6 Å². The summed E-state index contributed by atoms with van der Waals surface area (Å²) in [4.78, 5) is 16.8. The molecule has 2 aliphatic rings. The normalized spacial score (nSPS) is 16.5. The Labute approximate surface area is 423 Å². The zero-order valence-corrected chi connectivity index (χ0v) is 43.0. The number of nitrogens with zero attached hydrogens (tertiary/aromatic N) is 3. The lowest BCUT2D eigenvalue weighted by atomic mass is 9.78. The van der Waals surface area contributed by atoms with Gasteiger partial charge in [0.2, 0.25) is 5.69 Å². The van der Waals surface area contributed by atoms with Crippen molar-refractivity contribution in [3.63, 3.8) is 0 Å². The van der Waals surface area contributed by atoms with Crippen molar-refractivity contribution in [1.82, 2.24) is 10.3 Å². The maximum Gasteiger partial charge on any atom is 0.295 e. The minimum Gasteiger partial charge on any atom is -0.343 e. The van der Waals surface area contributed by atoms with Crippen molar-refractivity contribution in [2.45, 2.75) is 67.6 Å². The molecular weight excluding hydrogens is 1050 g/mol. The molecular formula is C48H51N4O16S5+. The van der Waals surface area contributed by atoms with Crippen molar-refractivity contribution in [3.8, 4) is 12.3 Å². The first-order valence-corrected chi connectivity index (χ1v) is 28.9. The molecule has 0 spiro atoms. The molecule has 20 nitrogen and oxygen atoms in total. The second kappa shape index (κ2) is 19.6. The van der Waals surface area contributed by atoms with Gasteiger partial charge in [-0.05, 0) is 109 Å². The van der Waals surface area contributed by atoms with Crippen molar-refractivity contribution in [3.05, 3.63) is 125 Å². The summed E-state index contributed by atoms with van der Waals surface area (Å²) in [5, 5.41) is 3.41. The first-order valence-electron chi connectivity index (χ1n) is 21.4. The van der Waals surface area contributed by atoms with Crippen LogP contribution in [0.5, 0.6) is 0 Å². The van der Waals surface area contributed by atoms with Gasteiger partial charge in [-0.15, -0.1) is 6.42 Å². The van der Waals surface area contributed by atoms with E-state index in [1.807, 2.05) is 0 Å². The molecule has 25 heteroatoms. The van der Waals surface area contributed by atoms with E-state index in [1.54, 1.807) is 75.6 Å². The SMILES string of the molecule is C.C#CCNC(=O)c1ccc(C(=C\C=C2\N(CCS(=O)(=O)O)c3ccc4c(S(=O)(=O)O)cc(S(=O)(=O)O)cc4c3C2(C)C)/C=C/C2=[N+](CCS(=O)(=O)O)c3ccc4c(C)cc(S(=O)(=O)O)cc4c3C2(C)C)nc1. The van der Waals surface area contributed by atoms with Gasteiger partial charge in [-0.25, -0.2) is 0 Å². The first-order chi connectivity index (χ1) is 33.1. The van der Waals surface area contributed by atoms with Gasteiger partial charge < -0.3 is 10.2 Å². The summed E-state index contributed by atoms with van der Waals surface area (Å²) in [6, 6.07) is 13.3. The number of allylic oxidation sites excluding steroid dienone is 6. The van der Waals surface area contributed by atoms with E-state index < -0.39 is 95.2 Å². The Morgan fingerprint density at radius 3 is 1.92 bits per heavy atom. The number of nitrogens with one attached hydrogen (secondary N) is 1. The Morgan fingerprint density at radius 2 is 1.36 bits per heavy atom. The van der Waals surface area contributed by atoms with E-state index in [1.165, 1.54) is 47.5 Å². The van der Waals surface area contributed by atoms with Crippen LogP contribution >= 0.6 is 0 Å². The Kier molecular flexibility index (Phi) is 15.1. The van der Waals surface area contributed by atoms with Crippen LogP contribution in [0.1, 0.15) is 67.9 Å². The van der Waals surface area contributed by atoms with Crippen molar-refractivity contribution in [2.75, 3.05) is 36.0 Å². The molecule has 0 unspecified atom stereocenters. The number of carbonyl (C=O) groups excluding carboxylic acids is 1. The lowest BCUT2D eigenvalue weighted by Crippen LogP contribution is -2.30. The number of carbonyl (C=O) groups is 1.